The van der Waals surface area contributed by atoms with Gasteiger partial charge < -0.3 is 4.74 Å². The second-order valence-corrected chi connectivity index (χ2v) is 10.6. The lowest BCUT2D eigenvalue weighted by atomic mass is 9.82. The Kier molecular flexibility index (Phi) is 5.62. The topological polar surface area (TPSA) is 56.3 Å². The number of ketones is 1. The zero-order valence-electron chi connectivity index (χ0n) is 17.8. The van der Waals surface area contributed by atoms with Crippen LogP contribution in [-0.2, 0) is 20.7 Å². The number of rotatable bonds is 4. The van der Waals surface area contributed by atoms with Crippen LogP contribution in [0.15, 0.2) is 35.6 Å². The largest absolute Gasteiger partial charge is 0.430 e. The summed E-state index contributed by atoms with van der Waals surface area (Å²) in [6.07, 6.45) is 3.12. The van der Waals surface area contributed by atoms with Crippen LogP contribution in [0.1, 0.15) is 63.4 Å². The van der Waals surface area contributed by atoms with Crippen molar-refractivity contribution in [1.82, 2.24) is 4.98 Å². The summed E-state index contributed by atoms with van der Waals surface area (Å²) in [5.74, 6) is -0.210. The van der Waals surface area contributed by atoms with E-state index < -0.39 is 11.3 Å². The Morgan fingerprint density at radius 2 is 1.97 bits per heavy atom. The standard InChI is InChI=1S/C24H26ClNO3S/c1-5-17-19(26-22(30-17)13-8-10-16(25)11-9-13)18-20(27)14-6-7-15(12-14)21(18)29-23(28)24(2,3)4/h8-11,14,18H,5-7,12H2,1-4H3. The number of hydrogen-bond donors (Lipinski definition) is 0. The van der Waals surface area contributed by atoms with Crippen molar-refractivity contribution in [2.75, 3.05) is 0 Å². The van der Waals surface area contributed by atoms with Crippen molar-refractivity contribution >= 4 is 34.7 Å². The highest BCUT2D eigenvalue weighted by molar-refractivity contribution is 7.15. The Balaban J connectivity index is 1.79. The van der Waals surface area contributed by atoms with Crippen molar-refractivity contribution in [2.45, 2.75) is 59.3 Å². The maximum Gasteiger partial charge on any atom is 0.316 e. The first-order valence-corrected chi connectivity index (χ1v) is 11.6. The zero-order chi connectivity index (χ0) is 21.6. The molecule has 2 aromatic rings. The normalized spacial score (nSPS) is 21.3. The number of thiazole rings is 1. The molecule has 2 aliphatic rings. The summed E-state index contributed by atoms with van der Waals surface area (Å²) in [6.45, 7) is 7.56. The number of aromatic nitrogens is 1. The molecular weight excluding hydrogens is 418 g/mol. The van der Waals surface area contributed by atoms with E-state index in [-0.39, 0.29) is 17.7 Å². The molecular formula is C24H26ClNO3S. The average Bonchev–Trinajstić information content (AvgIpc) is 3.32. The minimum atomic E-state index is -0.638. The van der Waals surface area contributed by atoms with Gasteiger partial charge in [-0.05, 0) is 64.2 Å². The van der Waals surface area contributed by atoms with Crippen molar-refractivity contribution in [2.24, 2.45) is 11.3 Å². The molecule has 2 bridgehead atoms. The predicted octanol–water partition coefficient (Wildman–Crippen LogP) is 6.34. The number of nitrogens with zero attached hydrogens (tertiary/aromatic N) is 1. The number of fused-ring (bicyclic) bond motifs is 2. The van der Waals surface area contributed by atoms with Gasteiger partial charge in [-0.25, -0.2) is 4.98 Å². The van der Waals surface area contributed by atoms with Gasteiger partial charge in [0.2, 0.25) is 0 Å². The number of hydrogen-bond acceptors (Lipinski definition) is 5. The highest BCUT2D eigenvalue weighted by Crippen LogP contribution is 2.48. The molecule has 4 nitrogen and oxygen atoms in total. The third-order valence-electron chi connectivity index (χ3n) is 5.81. The fourth-order valence-electron chi connectivity index (χ4n) is 4.09. The molecule has 1 aromatic heterocycles. The van der Waals surface area contributed by atoms with E-state index in [1.165, 1.54) is 0 Å². The van der Waals surface area contributed by atoms with Crippen LogP contribution in [0, 0.1) is 11.3 Å². The quantitative estimate of drug-likeness (QED) is 0.517. The second-order valence-electron chi connectivity index (χ2n) is 9.07. The molecule has 2 unspecified atom stereocenters. The van der Waals surface area contributed by atoms with Crippen molar-refractivity contribution in [3.05, 3.63) is 51.2 Å². The maximum absolute atomic E-state index is 13.4. The Bertz CT molecular complexity index is 1030. The van der Waals surface area contributed by atoms with Crippen molar-refractivity contribution in [1.29, 1.82) is 0 Å². The molecule has 0 amide bonds. The van der Waals surface area contributed by atoms with Gasteiger partial charge in [0.05, 0.1) is 11.1 Å². The number of benzene rings is 1. The minimum Gasteiger partial charge on any atom is -0.430 e. The highest BCUT2D eigenvalue weighted by atomic mass is 35.5. The van der Waals surface area contributed by atoms with Gasteiger partial charge in [0.25, 0.3) is 0 Å². The Hall–Kier alpha value is -1.98. The van der Waals surface area contributed by atoms with Crippen molar-refractivity contribution in [3.63, 3.8) is 0 Å². The first-order valence-electron chi connectivity index (χ1n) is 10.4. The van der Waals surface area contributed by atoms with E-state index in [9.17, 15) is 9.59 Å². The van der Waals surface area contributed by atoms with E-state index in [0.29, 0.717) is 17.2 Å². The number of aryl methyl sites for hydroxylation is 1. The van der Waals surface area contributed by atoms with Gasteiger partial charge in [-0.1, -0.05) is 30.7 Å². The molecule has 0 spiro atoms. The molecule has 1 saturated carbocycles. The van der Waals surface area contributed by atoms with Crippen LogP contribution in [0.25, 0.3) is 10.6 Å². The molecule has 0 saturated heterocycles. The molecule has 0 aliphatic heterocycles. The first kappa shape index (κ1) is 21.3. The van der Waals surface area contributed by atoms with Gasteiger partial charge in [0.1, 0.15) is 16.7 Å². The van der Waals surface area contributed by atoms with Crippen molar-refractivity contribution in [3.8, 4) is 10.6 Å². The smallest absolute Gasteiger partial charge is 0.316 e. The Morgan fingerprint density at radius 1 is 1.27 bits per heavy atom. The van der Waals surface area contributed by atoms with Gasteiger partial charge in [-0.15, -0.1) is 11.3 Å². The third-order valence-corrected chi connectivity index (χ3v) is 7.33. The fraction of sp³-hybridized carbons (Fsp3) is 0.458. The highest BCUT2D eigenvalue weighted by Gasteiger charge is 2.45. The van der Waals surface area contributed by atoms with Gasteiger partial charge in [-0.3, -0.25) is 9.59 Å². The summed E-state index contributed by atoms with van der Waals surface area (Å²) in [6, 6.07) is 7.56. The Morgan fingerprint density at radius 3 is 2.60 bits per heavy atom. The Labute approximate surface area is 186 Å². The van der Waals surface area contributed by atoms with Crippen LogP contribution < -0.4 is 0 Å². The van der Waals surface area contributed by atoms with Crippen LogP contribution in [0.4, 0.5) is 0 Å². The number of carbonyl (C=O) groups is 2. The number of carbonyl (C=O) groups excluding carboxylic acids is 2. The molecule has 1 fully saturated rings. The van der Waals surface area contributed by atoms with E-state index in [0.717, 1.165) is 46.0 Å². The monoisotopic (exact) mass is 443 g/mol. The summed E-state index contributed by atoms with van der Waals surface area (Å²) in [5, 5.41) is 1.53. The van der Waals surface area contributed by atoms with Crippen LogP contribution >= 0.6 is 22.9 Å². The molecule has 30 heavy (non-hydrogen) atoms. The molecule has 1 aromatic carbocycles. The summed E-state index contributed by atoms with van der Waals surface area (Å²) in [4.78, 5) is 32.1. The van der Waals surface area contributed by atoms with Crippen LogP contribution in [0.3, 0.4) is 0 Å². The molecule has 2 aliphatic carbocycles. The number of esters is 1. The summed E-state index contributed by atoms with van der Waals surface area (Å²) < 4.78 is 5.92. The van der Waals surface area contributed by atoms with Gasteiger partial charge in [0, 0.05) is 21.4 Å². The van der Waals surface area contributed by atoms with E-state index in [2.05, 4.69) is 6.92 Å². The zero-order valence-corrected chi connectivity index (χ0v) is 19.3. The first-order chi connectivity index (χ1) is 14.2. The molecule has 2 atom stereocenters. The third kappa shape index (κ3) is 3.85. The number of Topliss-reactive ketones (excluding diaryl/α,β-unsaturated/α-hetero) is 1. The van der Waals surface area contributed by atoms with E-state index in [1.807, 2.05) is 45.0 Å². The molecule has 6 heteroatoms. The summed E-state index contributed by atoms with van der Waals surface area (Å²) in [7, 11) is 0. The van der Waals surface area contributed by atoms with Crippen molar-refractivity contribution < 1.29 is 14.3 Å². The van der Waals surface area contributed by atoms with Crippen LogP contribution in [0.5, 0.6) is 0 Å². The number of halogens is 1. The van der Waals surface area contributed by atoms with Crippen LogP contribution in [0.2, 0.25) is 5.02 Å². The predicted molar refractivity (Wildman–Crippen MR) is 120 cm³/mol. The lowest BCUT2D eigenvalue weighted by Crippen LogP contribution is -2.31. The molecule has 0 N–H and O–H groups in total. The van der Waals surface area contributed by atoms with E-state index in [1.54, 1.807) is 11.3 Å². The van der Waals surface area contributed by atoms with Gasteiger partial charge in [0.15, 0.2) is 5.78 Å². The van der Waals surface area contributed by atoms with Crippen LogP contribution in [-0.4, -0.2) is 16.7 Å². The second kappa shape index (κ2) is 7.93. The lowest BCUT2D eigenvalue weighted by molar-refractivity contribution is -0.149. The SMILES string of the molecule is CCc1sc(-c2ccc(Cl)cc2)nc1C1C(=O)C2CCC(=C1OC(=O)C(C)(C)C)C2. The fourth-order valence-corrected chi connectivity index (χ4v) is 5.26. The van der Waals surface area contributed by atoms with E-state index in [4.69, 9.17) is 21.3 Å². The molecule has 0 radical (unpaired) electrons. The molecule has 1 heterocycles. The van der Waals surface area contributed by atoms with E-state index >= 15 is 0 Å². The lowest BCUT2D eigenvalue weighted by Gasteiger charge is -2.28. The number of allylic oxidation sites excluding steroid dienone is 2. The van der Waals surface area contributed by atoms with Gasteiger partial charge in [-0.2, -0.15) is 0 Å². The minimum absolute atomic E-state index is 0.00692. The maximum atomic E-state index is 13.4. The molecule has 4 rings (SSSR count). The molecule has 158 valence electrons. The summed E-state index contributed by atoms with van der Waals surface area (Å²) >= 11 is 7.62. The summed E-state index contributed by atoms with van der Waals surface area (Å²) in [5.41, 5.74) is 2.18. The average molecular weight is 444 g/mol. The van der Waals surface area contributed by atoms with Gasteiger partial charge >= 0.3 is 5.97 Å². The number of ether oxygens (including phenoxy) is 1.